The number of ether oxygens (including phenoxy) is 1. The summed E-state index contributed by atoms with van der Waals surface area (Å²) in [5.74, 6) is -0.185. The first kappa shape index (κ1) is 10.0. The molecule has 0 saturated heterocycles. The second-order valence-electron chi connectivity index (χ2n) is 3.58. The average molecular weight is 185 g/mol. The third-order valence-electron chi connectivity index (χ3n) is 2.47. The Kier molecular flexibility index (Phi) is 3.28. The zero-order valence-electron chi connectivity index (χ0n) is 7.79. The van der Waals surface area contributed by atoms with Crippen LogP contribution in [0, 0.1) is 11.8 Å². The molecule has 2 unspecified atom stereocenters. The number of rotatable bonds is 3. The van der Waals surface area contributed by atoms with Crippen LogP contribution in [0.3, 0.4) is 0 Å². The minimum atomic E-state index is -0.262. The van der Waals surface area contributed by atoms with E-state index in [-0.39, 0.29) is 17.8 Å². The SMILES string of the molecule is CC(=O)OCC1CCC(C(N)=O)C1. The van der Waals surface area contributed by atoms with Gasteiger partial charge in [0.05, 0.1) is 6.61 Å². The topological polar surface area (TPSA) is 69.4 Å². The average Bonchev–Trinajstić information content (AvgIpc) is 2.48. The molecule has 4 heteroatoms. The van der Waals surface area contributed by atoms with Crippen molar-refractivity contribution in [2.45, 2.75) is 26.2 Å². The molecule has 1 aliphatic carbocycles. The summed E-state index contributed by atoms with van der Waals surface area (Å²) in [7, 11) is 0. The van der Waals surface area contributed by atoms with Crippen LogP contribution in [0.4, 0.5) is 0 Å². The highest BCUT2D eigenvalue weighted by atomic mass is 16.5. The standard InChI is InChI=1S/C9H15NO3/c1-6(11)13-5-7-2-3-8(4-7)9(10)12/h7-8H,2-5H2,1H3,(H2,10,12). The van der Waals surface area contributed by atoms with Crippen molar-refractivity contribution in [1.82, 2.24) is 0 Å². The van der Waals surface area contributed by atoms with Gasteiger partial charge in [-0.1, -0.05) is 0 Å². The van der Waals surface area contributed by atoms with Crippen molar-refractivity contribution in [3.8, 4) is 0 Å². The number of hydrogen-bond donors (Lipinski definition) is 1. The van der Waals surface area contributed by atoms with Gasteiger partial charge in [-0.05, 0) is 25.2 Å². The van der Waals surface area contributed by atoms with Crippen LogP contribution >= 0.6 is 0 Å². The maximum Gasteiger partial charge on any atom is 0.302 e. The first-order valence-corrected chi connectivity index (χ1v) is 4.52. The summed E-state index contributed by atoms with van der Waals surface area (Å²) in [6.45, 7) is 1.82. The molecule has 1 saturated carbocycles. The van der Waals surface area contributed by atoms with E-state index in [9.17, 15) is 9.59 Å². The Bertz CT molecular complexity index is 215. The quantitative estimate of drug-likeness (QED) is 0.649. The van der Waals surface area contributed by atoms with Crippen LogP contribution in [0.15, 0.2) is 0 Å². The van der Waals surface area contributed by atoms with Crippen molar-refractivity contribution in [1.29, 1.82) is 0 Å². The molecule has 1 fully saturated rings. The summed E-state index contributed by atoms with van der Waals surface area (Å²) < 4.78 is 4.86. The number of amides is 1. The van der Waals surface area contributed by atoms with Gasteiger partial charge in [0.15, 0.2) is 0 Å². The molecule has 74 valence electrons. The molecule has 1 rings (SSSR count). The molecule has 4 nitrogen and oxygen atoms in total. The molecule has 1 aliphatic rings. The Morgan fingerprint density at radius 2 is 2.15 bits per heavy atom. The van der Waals surface area contributed by atoms with E-state index in [1.165, 1.54) is 6.92 Å². The Hall–Kier alpha value is -1.06. The van der Waals surface area contributed by atoms with Gasteiger partial charge in [-0.25, -0.2) is 0 Å². The fraction of sp³-hybridized carbons (Fsp3) is 0.778. The van der Waals surface area contributed by atoms with Crippen molar-refractivity contribution >= 4 is 11.9 Å². The normalized spacial score (nSPS) is 27.2. The smallest absolute Gasteiger partial charge is 0.302 e. The van der Waals surface area contributed by atoms with Crippen LogP contribution in [0.25, 0.3) is 0 Å². The monoisotopic (exact) mass is 185 g/mol. The van der Waals surface area contributed by atoms with Gasteiger partial charge in [0.1, 0.15) is 0 Å². The fourth-order valence-electron chi connectivity index (χ4n) is 1.72. The molecule has 0 bridgehead atoms. The number of hydrogen-bond acceptors (Lipinski definition) is 3. The van der Waals surface area contributed by atoms with E-state index in [1.807, 2.05) is 0 Å². The van der Waals surface area contributed by atoms with E-state index in [0.29, 0.717) is 12.5 Å². The molecular formula is C9H15NO3. The molecule has 0 aromatic carbocycles. The first-order chi connectivity index (χ1) is 6.09. The lowest BCUT2D eigenvalue weighted by atomic mass is 10.1. The maximum atomic E-state index is 10.8. The largest absolute Gasteiger partial charge is 0.466 e. The molecule has 1 amide bonds. The Labute approximate surface area is 77.4 Å². The van der Waals surface area contributed by atoms with E-state index in [1.54, 1.807) is 0 Å². The Morgan fingerprint density at radius 1 is 1.46 bits per heavy atom. The number of nitrogens with two attached hydrogens (primary N) is 1. The van der Waals surface area contributed by atoms with Crippen LogP contribution < -0.4 is 5.73 Å². The summed E-state index contributed by atoms with van der Waals surface area (Å²) in [5.41, 5.74) is 5.17. The van der Waals surface area contributed by atoms with Crippen molar-refractivity contribution in [3.05, 3.63) is 0 Å². The summed E-state index contributed by atoms with van der Waals surface area (Å²) in [4.78, 5) is 21.3. The van der Waals surface area contributed by atoms with Crippen LogP contribution in [-0.2, 0) is 14.3 Å². The van der Waals surface area contributed by atoms with Gasteiger partial charge >= 0.3 is 5.97 Å². The van der Waals surface area contributed by atoms with E-state index in [2.05, 4.69) is 0 Å². The number of primary amides is 1. The van der Waals surface area contributed by atoms with Crippen LogP contribution in [0.1, 0.15) is 26.2 Å². The van der Waals surface area contributed by atoms with Gasteiger partial charge in [-0.15, -0.1) is 0 Å². The van der Waals surface area contributed by atoms with Gasteiger partial charge in [-0.3, -0.25) is 9.59 Å². The second kappa shape index (κ2) is 4.25. The summed E-state index contributed by atoms with van der Waals surface area (Å²) >= 11 is 0. The lowest BCUT2D eigenvalue weighted by Gasteiger charge is -2.08. The molecule has 0 radical (unpaired) electrons. The molecule has 2 atom stereocenters. The van der Waals surface area contributed by atoms with Crippen molar-refractivity contribution in [3.63, 3.8) is 0 Å². The van der Waals surface area contributed by atoms with Gasteiger partial charge < -0.3 is 10.5 Å². The third kappa shape index (κ3) is 3.05. The lowest BCUT2D eigenvalue weighted by Crippen LogP contribution is -2.21. The van der Waals surface area contributed by atoms with E-state index in [4.69, 9.17) is 10.5 Å². The molecule has 0 heterocycles. The number of carbonyl (C=O) groups excluding carboxylic acids is 2. The van der Waals surface area contributed by atoms with Crippen LogP contribution in [0.2, 0.25) is 0 Å². The van der Waals surface area contributed by atoms with Crippen LogP contribution in [0.5, 0.6) is 0 Å². The maximum absolute atomic E-state index is 10.8. The summed E-state index contributed by atoms with van der Waals surface area (Å²) in [6, 6.07) is 0. The third-order valence-corrected chi connectivity index (χ3v) is 2.47. The number of carbonyl (C=O) groups is 2. The minimum absolute atomic E-state index is 0.0134. The fourth-order valence-corrected chi connectivity index (χ4v) is 1.72. The molecular weight excluding hydrogens is 170 g/mol. The van der Waals surface area contributed by atoms with E-state index in [0.717, 1.165) is 19.3 Å². The lowest BCUT2D eigenvalue weighted by molar-refractivity contribution is -0.142. The van der Waals surface area contributed by atoms with Gasteiger partial charge in [0, 0.05) is 12.8 Å². The highest BCUT2D eigenvalue weighted by Gasteiger charge is 2.28. The van der Waals surface area contributed by atoms with Gasteiger partial charge in [0.2, 0.25) is 5.91 Å². The Balaban J connectivity index is 2.25. The second-order valence-corrected chi connectivity index (χ2v) is 3.58. The zero-order chi connectivity index (χ0) is 9.84. The van der Waals surface area contributed by atoms with Crippen molar-refractivity contribution in [2.75, 3.05) is 6.61 Å². The van der Waals surface area contributed by atoms with Crippen LogP contribution in [-0.4, -0.2) is 18.5 Å². The molecule has 0 aromatic heterocycles. The van der Waals surface area contributed by atoms with E-state index >= 15 is 0 Å². The minimum Gasteiger partial charge on any atom is -0.466 e. The molecule has 13 heavy (non-hydrogen) atoms. The Morgan fingerprint density at radius 3 is 2.62 bits per heavy atom. The predicted molar refractivity (Wildman–Crippen MR) is 46.7 cm³/mol. The van der Waals surface area contributed by atoms with Gasteiger partial charge in [-0.2, -0.15) is 0 Å². The zero-order valence-corrected chi connectivity index (χ0v) is 7.79. The molecule has 0 aromatic rings. The van der Waals surface area contributed by atoms with Gasteiger partial charge in [0.25, 0.3) is 0 Å². The first-order valence-electron chi connectivity index (χ1n) is 4.52. The molecule has 2 N–H and O–H groups in total. The summed E-state index contributed by atoms with van der Waals surface area (Å²) in [6.07, 6.45) is 2.53. The predicted octanol–water partition coefficient (Wildman–Crippen LogP) is 0.451. The van der Waals surface area contributed by atoms with E-state index < -0.39 is 0 Å². The highest BCUT2D eigenvalue weighted by molar-refractivity contribution is 5.76. The highest BCUT2D eigenvalue weighted by Crippen LogP contribution is 2.30. The molecule has 0 spiro atoms. The molecule has 0 aliphatic heterocycles. The number of esters is 1. The van der Waals surface area contributed by atoms with Crippen molar-refractivity contribution < 1.29 is 14.3 Å². The summed E-state index contributed by atoms with van der Waals surface area (Å²) in [5, 5.41) is 0. The van der Waals surface area contributed by atoms with Crippen molar-refractivity contribution in [2.24, 2.45) is 17.6 Å².